The second-order valence-corrected chi connectivity index (χ2v) is 13.8. The minimum absolute atomic E-state index is 1.06. The Hall–Kier alpha value is -6.29. The molecule has 0 fully saturated rings. The molecule has 50 heavy (non-hydrogen) atoms. The zero-order valence-corrected chi connectivity index (χ0v) is 27.9. The van der Waals surface area contributed by atoms with Gasteiger partial charge in [-0.1, -0.05) is 127 Å². The fourth-order valence-electron chi connectivity index (χ4n) is 7.47. The first-order valence-corrected chi connectivity index (χ1v) is 17.8. The summed E-state index contributed by atoms with van der Waals surface area (Å²) >= 11 is 1.76. The molecule has 8 aromatic carbocycles. The fraction of sp³-hybridized carbons (Fsp3) is 0. The topological polar surface area (TPSA) is 16.1 Å². The average Bonchev–Trinajstić information content (AvgIpc) is 3.58. The highest BCUT2D eigenvalue weighted by molar-refractivity contribution is 7.26. The molecule has 0 N–H and O–H groups in total. The van der Waals surface area contributed by atoms with E-state index in [1.54, 1.807) is 11.3 Å². The number of pyridine rings is 1. The van der Waals surface area contributed by atoms with Crippen molar-refractivity contribution in [3.63, 3.8) is 0 Å². The highest BCUT2D eigenvalue weighted by Gasteiger charge is 2.19. The molecule has 0 spiro atoms. The van der Waals surface area contributed by atoms with Crippen molar-refractivity contribution in [1.82, 2.24) is 4.98 Å². The van der Waals surface area contributed by atoms with Crippen molar-refractivity contribution < 1.29 is 0 Å². The van der Waals surface area contributed by atoms with Gasteiger partial charge in [-0.25, -0.2) is 4.98 Å². The Kier molecular flexibility index (Phi) is 6.71. The highest BCUT2D eigenvalue weighted by atomic mass is 32.1. The minimum Gasteiger partial charge on any atom is -0.309 e. The van der Waals surface area contributed by atoms with Gasteiger partial charge in [-0.2, -0.15) is 0 Å². The van der Waals surface area contributed by atoms with Crippen LogP contribution in [0.4, 0.5) is 17.1 Å². The van der Waals surface area contributed by atoms with E-state index in [0.29, 0.717) is 0 Å². The lowest BCUT2D eigenvalue weighted by Crippen LogP contribution is -2.10. The van der Waals surface area contributed by atoms with Gasteiger partial charge in [-0.15, -0.1) is 11.3 Å². The van der Waals surface area contributed by atoms with Crippen LogP contribution < -0.4 is 4.90 Å². The summed E-state index contributed by atoms with van der Waals surface area (Å²) in [6.45, 7) is 0. The Labute approximate surface area is 294 Å². The average molecular weight is 655 g/mol. The van der Waals surface area contributed by atoms with Gasteiger partial charge in [-0.05, 0) is 103 Å². The molecular formula is C47H30N2S. The van der Waals surface area contributed by atoms with Crippen LogP contribution in [0.2, 0.25) is 0 Å². The van der Waals surface area contributed by atoms with Crippen molar-refractivity contribution in [2.45, 2.75) is 0 Å². The molecule has 10 aromatic rings. The number of anilines is 3. The third kappa shape index (κ3) is 4.74. The summed E-state index contributed by atoms with van der Waals surface area (Å²) in [5.41, 5.74) is 8.18. The largest absolute Gasteiger partial charge is 0.309 e. The van der Waals surface area contributed by atoms with E-state index < -0.39 is 0 Å². The van der Waals surface area contributed by atoms with Crippen LogP contribution in [0.5, 0.6) is 0 Å². The van der Waals surface area contributed by atoms with Gasteiger partial charge < -0.3 is 4.90 Å². The summed E-state index contributed by atoms with van der Waals surface area (Å²) in [7, 11) is 0. The molecular weight excluding hydrogens is 625 g/mol. The molecule has 0 unspecified atom stereocenters. The number of thiophene rings is 1. The van der Waals surface area contributed by atoms with Crippen molar-refractivity contribution in [2.75, 3.05) is 4.90 Å². The summed E-state index contributed by atoms with van der Waals surface area (Å²) in [5.74, 6) is 0. The van der Waals surface area contributed by atoms with E-state index in [9.17, 15) is 0 Å². The van der Waals surface area contributed by atoms with E-state index in [4.69, 9.17) is 4.98 Å². The molecule has 0 atom stereocenters. The van der Waals surface area contributed by atoms with E-state index in [-0.39, 0.29) is 0 Å². The van der Waals surface area contributed by atoms with Crippen LogP contribution in [0.1, 0.15) is 0 Å². The zero-order chi connectivity index (χ0) is 33.0. The number of rotatable bonds is 5. The van der Waals surface area contributed by atoms with Crippen LogP contribution in [0.3, 0.4) is 0 Å². The number of aromatic nitrogens is 1. The first-order chi connectivity index (χ1) is 24.8. The van der Waals surface area contributed by atoms with Crippen LogP contribution in [0.15, 0.2) is 182 Å². The molecule has 0 radical (unpaired) electrons. The van der Waals surface area contributed by atoms with Crippen molar-refractivity contribution in [2.24, 2.45) is 0 Å². The fourth-order valence-corrected chi connectivity index (χ4v) is 8.61. The lowest BCUT2D eigenvalue weighted by Gasteiger charge is -2.26. The van der Waals surface area contributed by atoms with Crippen LogP contribution >= 0.6 is 11.3 Å². The second kappa shape index (κ2) is 11.7. The summed E-state index contributed by atoms with van der Waals surface area (Å²) in [4.78, 5) is 8.15. The van der Waals surface area contributed by atoms with Gasteiger partial charge in [-0.3, -0.25) is 0 Å². The highest BCUT2D eigenvalue weighted by Crippen LogP contribution is 2.45. The number of hydrogen-bond acceptors (Lipinski definition) is 3. The van der Waals surface area contributed by atoms with Crippen LogP contribution in [-0.2, 0) is 0 Å². The summed E-state index contributed by atoms with van der Waals surface area (Å²) < 4.78 is 1.23. The number of fused-ring (bicyclic) bond motifs is 8. The molecule has 2 nitrogen and oxygen atoms in total. The summed E-state index contributed by atoms with van der Waals surface area (Å²) in [6.07, 6.45) is 1.88. The monoisotopic (exact) mass is 654 g/mol. The van der Waals surface area contributed by atoms with E-state index >= 15 is 0 Å². The van der Waals surface area contributed by atoms with Gasteiger partial charge in [0.25, 0.3) is 0 Å². The van der Waals surface area contributed by atoms with E-state index in [2.05, 4.69) is 175 Å². The van der Waals surface area contributed by atoms with E-state index in [1.165, 1.54) is 70.0 Å². The first-order valence-electron chi connectivity index (χ1n) is 17.0. The molecule has 2 aromatic heterocycles. The number of nitrogens with zero attached hydrogens (tertiary/aromatic N) is 2. The van der Waals surface area contributed by atoms with Crippen LogP contribution in [0, 0.1) is 0 Å². The Morgan fingerprint density at radius 2 is 0.960 bits per heavy atom. The van der Waals surface area contributed by atoms with Crippen LogP contribution in [0.25, 0.3) is 74.9 Å². The van der Waals surface area contributed by atoms with Crippen molar-refractivity contribution in [3.8, 4) is 22.3 Å². The number of benzene rings is 8. The molecule has 0 saturated heterocycles. The molecule has 0 aliphatic rings. The zero-order valence-electron chi connectivity index (χ0n) is 27.1. The molecule has 0 bridgehead atoms. The maximum atomic E-state index is 4.71. The molecule has 3 heteroatoms. The van der Waals surface area contributed by atoms with Crippen LogP contribution in [-0.4, -0.2) is 4.98 Å². The molecule has 10 rings (SSSR count). The minimum atomic E-state index is 1.06. The SMILES string of the molecule is c1ccc(-c2ccc(N(c3ccc(-c4ccc5c(ccc6c7ccccc7ccc56)c4)cc3)c3cccc4c3sc3ncccc34)cc2)cc1. The Bertz CT molecular complexity index is 2850. The quantitative estimate of drug-likeness (QED) is 0.172. The predicted octanol–water partition coefficient (Wildman–Crippen LogP) is 13.7. The third-order valence-corrected chi connectivity index (χ3v) is 11.1. The molecule has 2 heterocycles. The molecule has 0 aliphatic carbocycles. The maximum Gasteiger partial charge on any atom is 0.124 e. The lowest BCUT2D eigenvalue weighted by atomic mass is 9.95. The van der Waals surface area contributed by atoms with Gasteiger partial charge in [0.05, 0.1) is 10.4 Å². The number of hydrogen-bond donors (Lipinski definition) is 0. The van der Waals surface area contributed by atoms with Crippen molar-refractivity contribution >= 4 is 81.0 Å². The van der Waals surface area contributed by atoms with E-state index in [0.717, 1.165) is 21.9 Å². The standard InChI is InChI=1S/C47H30N2S/c1-2-8-31(9-3-1)32-15-22-37(23-16-32)49(45-14-6-12-43-44-13-7-29-48-47(44)50-46(43)45)38-24-17-33(18-25-38)35-20-26-40-36(30-35)21-28-41-39-11-5-4-10-34(39)19-27-42(40)41/h1-30H. The van der Waals surface area contributed by atoms with Crippen molar-refractivity contribution in [1.29, 1.82) is 0 Å². The predicted molar refractivity (Wildman–Crippen MR) is 215 cm³/mol. The lowest BCUT2D eigenvalue weighted by molar-refractivity contribution is 1.30. The van der Waals surface area contributed by atoms with Gasteiger partial charge >= 0.3 is 0 Å². The molecule has 234 valence electrons. The van der Waals surface area contributed by atoms with E-state index in [1.807, 2.05) is 12.3 Å². The Balaban J connectivity index is 1.07. The first kappa shape index (κ1) is 28.7. The smallest absolute Gasteiger partial charge is 0.124 e. The molecule has 0 aliphatic heterocycles. The Morgan fingerprint density at radius 1 is 0.380 bits per heavy atom. The molecule has 0 saturated carbocycles. The maximum absolute atomic E-state index is 4.71. The normalized spacial score (nSPS) is 11.6. The Morgan fingerprint density at radius 3 is 1.74 bits per heavy atom. The third-order valence-electron chi connectivity index (χ3n) is 9.93. The van der Waals surface area contributed by atoms with Gasteiger partial charge in [0.2, 0.25) is 0 Å². The summed E-state index contributed by atoms with van der Waals surface area (Å²) in [6, 6.07) is 63.8. The van der Waals surface area contributed by atoms with Gasteiger partial charge in [0, 0.05) is 28.3 Å². The van der Waals surface area contributed by atoms with Crippen molar-refractivity contribution in [3.05, 3.63) is 182 Å². The van der Waals surface area contributed by atoms with Gasteiger partial charge in [0.1, 0.15) is 4.83 Å². The van der Waals surface area contributed by atoms with Gasteiger partial charge in [0.15, 0.2) is 0 Å². The molecule has 0 amide bonds. The summed E-state index contributed by atoms with van der Waals surface area (Å²) in [5, 5.41) is 10.1. The second-order valence-electron chi connectivity index (χ2n) is 12.8.